The Morgan fingerprint density at radius 1 is 1.15 bits per heavy atom. The molecule has 26 heavy (non-hydrogen) atoms. The molecule has 0 radical (unpaired) electrons. The number of fused-ring (bicyclic) bond motifs is 1. The molecule has 0 aliphatic carbocycles. The van der Waals surface area contributed by atoms with E-state index in [0.29, 0.717) is 5.19 Å². The van der Waals surface area contributed by atoms with Crippen molar-refractivity contribution in [2.45, 2.75) is 19.4 Å². The molecule has 1 amide bonds. The Balaban J connectivity index is 1.35. The Morgan fingerprint density at radius 2 is 1.88 bits per heavy atom. The maximum atomic E-state index is 11.2. The molecule has 1 aliphatic heterocycles. The smallest absolute Gasteiger partial charge is 0.279 e. The summed E-state index contributed by atoms with van der Waals surface area (Å²) in [5.74, 6) is 0.664. The van der Waals surface area contributed by atoms with Gasteiger partial charge in [0.1, 0.15) is 5.75 Å². The zero-order valence-electron chi connectivity index (χ0n) is 14.4. The molecule has 0 atom stereocenters. The molecule has 0 bridgehead atoms. The summed E-state index contributed by atoms with van der Waals surface area (Å²) < 4.78 is 7.01. The predicted octanol–water partition coefficient (Wildman–Crippen LogP) is 3.79. The fraction of sp³-hybridized carbons (Fsp3) is 0.300. The number of hydrogen-bond acceptors (Lipinski definition) is 5. The van der Waals surface area contributed by atoms with Crippen LogP contribution < -0.4 is 10.5 Å². The van der Waals surface area contributed by atoms with Gasteiger partial charge in [0, 0.05) is 12.5 Å². The normalized spacial score (nSPS) is 16.0. The fourth-order valence-electron chi connectivity index (χ4n) is 3.29. The first kappa shape index (κ1) is 17.0. The van der Waals surface area contributed by atoms with Crippen LogP contribution in [0.4, 0.5) is 0 Å². The van der Waals surface area contributed by atoms with E-state index in [1.807, 2.05) is 36.4 Å². The number of piperidine rings is 1. The standard InChI is InChI=1S/C20H21N3O2S/c21-19(24)15-9-11-23(12-10-15)13-14-5-7-16(8-6-14)25-20-22-17-3-1-2-4-18(17)26-20/h1-8,15H,9-13H2,(H2,21,24). The Labute approximate surface area is 156 Å². The molecule has 2 aromatic carbocycles. The summed E-state index contributed by atoms with van der Waals surface area (Å²) in [5.41, 5.74) is 7.59. The third-order valence-corrected chi connectivity index (χ3v) is 5.71. The van der Waals surface area contributed by atoms with E-state index >= 15 is 0 Å². The third-order valence-electron chi connectivity index (χ3n) is 4.80. The summed E-state index contributed by atoms with van der Waals surface area (Å²) in [6.45, 7) is 2.71. The van der Waals surface area contributed by atoms with Gasteiger partial charge < -0.3 is 10.5 Å². The summed E-state index contributed by atoms with van der Waals surface area (Å²) in [6.07, 6.45) is 1.71. The van der Waals surface area contributed by atoms with E-state index in [-0.39, 0.29) is 11.8 Å². The van der Waals surface area contributed by atoms with Crippen molar-refractivity contribution in [1.29, 1.82) is 0 Å². The molecule has 0 spiro atoms. The zero-order valence-corrected chi connectivity index (χ0v) is 15.2. The highest BCUT2D eigenvalue weighted by atomic mass is 32.1. The molecule has 4 rings (SSSR count). The number of benzene rings is 2. The number of para-hydroxylation sites is 1. The SMILES string of the molecule is NC(=O)C1CCN(Cc2ccc(Oc3nc4ccccc4s3)cc2)CC1. The summed E-state index contributed by atoms with van der Waals surface area (Å²) >= 11 is 1.55. The van der Waals surface area contributed by atoms with E-state index in [2.05, 4.69) is 22.0 Å². The van der Waals surface area contributed by atoms with Crippen LogP contribution in [-0.4, -0.2) is 28.9 Å². The largest absolute Gasteiger partial charge is 0.431 e. The molecule has 134 valence electrons. The zero-order chi connectivity index (χ0) is 17.9. The van der Waals surface area contributed by atoms with E-state index < -0.39 is 0 Å². The van der Waals surface area contributed by atoms with Crippen LogP contribution >= 0.6 is 11.3 Å². The van der Waals surface area contributed by atoms with E-state index in [9.17, 15) is 4.79 Å². The van der Waals surface area contributed by atoms with Gasteiger partial charge in [0.25, 0.3) is 5.19 Å². The fourth-order valence-corrected chi connectivity index (χ4v) is 4.13. The number of ether oxygens (including phenoxy) is 1. The van der Waals surface area contributed by atoms with Crippen LogP contribution in [-0.2, 0) is 11.3 Å². The van der Waals surface area contributed by atoms with Gasteiger partial charge in [-0.25, -0.2) is 4.98 Å². The number of likely N-dealkylation sites (tertiary alicyclic amines) is 1. The molecule has 0 unspecified atom stereocenters. The van der Waals surface area contributed by atoms with Crippen LogP contribution in [0.2, 0.25) is 0 Å². The highest BCUT2D eigenvalue weighted by Crippen LogP contribution is 2.31. The molecule has 5 nitrogen and oxygen atoms in total. The van der Waals surface area contributed by atoms with Crippen LogP contribution in [0, 0.1) is 5.92 Å². The first-order chi connectivity index (χ1) is 12.7. The van der Waals surface area contributed by atoms with Gasteiger partial charge in [-0.3, -0.25) is 9.69 Å². The van der Waals surface area contributed by atoms with Gasteiger partial charge in [0.2, 0.25) is 5.91 Å². The minimum absolute atomic E-state index is 0.0378. The Bertz CT molecular complexity index is 866. The van der Waals surface area contributed by atoms with Gasteiger partial charge in [-0.1, -0.05) is 35.6 Å². The van der Waals surface area contributed by atoms with Gasteiger partial charge in [0.15, 0.2) is 0 Å². The number of carbonyl (C=O) groups excluding carboxylic acids is 1. The molecule has 3 aromatic rings. The van der Waals surface area contributed by atoms with E-state index in [1.165, 1.54) is 5.56 Å². The van der Waals surface area contributed by atoms with Gasteiger partial charge in [-0.05, 0) is 55.8 Å². The number of hydrogen-bond donors (Lipinski definition) is 1. The van der Waals surface area contributed by atoms with E-state index in [1.54, 1.807) is 11.3 Å². The van der Waals surface area contributed by atoms with Crippen molar-refractivity contribution >= 4 is 27.5 Å². The Morgan fingerprint density at radius 3 is 2.58 bits per heavy atom. The van der Waals surface area contributed by atoms with Crippen molar-refractivity contribution < 1.29 is 9.53 Å². The second-order valence-corrected chi connectivity index (χ2v) is 7.64. The van der Waals surface area contributed by atoms with Gasteiger partial charge in [-0.2, -0.15) is 0 Å². The average Bonchev–Trinajstić information content (AvgIpc) is 3.06. The van der Waals surface area contributed by atoms with Crippen molar-refractivity contribution in [2.75, 3.05) is 13.1 Å². The first-order valence-electron chi connectivity index (χ1n) is 8.81. The number of primary amides is 1. The predicted molar refractivity (Wildman–Crippen MR) is 103 cm³/mol. The van der Waals surface area contributed by atoms with Crippen molar-refractivity contribution in [3.8, 4) is 10.9 Å². The second-order valence-electron chi connectivity index (χ2n) is 6.65. The quantitative estimate of drug-likeness (QED) is 0.745. The number of aromatic nitrogens is 1. The van der Waals surface area contributed by atoms with Crippen LogP contribution in [0.25, 0.3) is 10.2 Å². The van der Waals surface area contributed by atoms with Crippen molar-refractivity contribution in [3.05, 3.63) is 54.1 Å². The lowest BCUT2D eigenvalue weighted by Gasteiger charge is -2.30. The molecule has 0 saturated carbocycles. The second kappa shape index (κ2) is 7.43. The van der Waals surface area contributed by atoms with Gasteiger partial charge in [-0.15, -0.1) is 0 Å². The number of thiazole rings is 1. The molecule has 1 fully saturated rings. The van der Waals surface area contributed by atoms with Gasteiger partial charge >= 0.3 is 0 Å². The van der Waals surface area contributed by atoms with E-state index in [4.69, 9.17) is 10.5 Å². The number of nitrogens with zero attached hydrogens (tertiary/aromatic N) is 2. The van der Waals surface area contributed by atoms with Crippen LogP contribution in [0.15, 0.2) is 48.5 Å². The van der Waals surface area contributed by atoms with Crippen LogP contribution in [0.5, 0.6) is 10.9 Å². The molecule has 1 aromatic heterocycles. The lowest BCUT2D eigenvalue weighted by atomic mass is 9.96. The van der Waals surface area contributed by atoms with Crippen molar-refractivity contribution in [2.24, 2.45) is 11.7 Å². The molecule has 1 aliphatic rings. The molecular formula is C20H21N3O2S. The topological polar surface area (TPSA) is 68.5 Å². The molecule has 1 saturated heterocycles. The third kappa shape index (κ3) is 3.86. The first-order valence-corrected chi connectivity index (χ1v) is 9.63. The lowest BCUT2D eigenvalue weighted by molar-refractivity contribution is -0.123. The van der Waals surface area contributed by atoms with Crippen molar-refractivity contribution in [1.82, 2.24) is 9.88 Å². The summed E-state index contributed by atoms with van der Waals surface area (Å²) in [6, 6.07) is 16.2. The highest BCUT2D eigenvalue weighted by molar-refractivity contribution is 7.20. The summed E-state index contributed by atoms with van der Waals surface area (Å²) in [5, 5.41) is 0.660. The molecule has 2 heterocycles. The minimum Gasteiger partial charge on any atom is -0.431 e. The summed E-state index contributed by atoms with van der Waals surface area (Å²) in [4.78, 5) is 18.1. The maximum Gasteiger partial charge on any atom is 0.279 e. The van der Waals surface area contributed by atoms with Crippen LogP contribution in [0.3, 0.4) is 0 Å². The van der Waals surface area contributed by atoms with E-state index in [0.717, 1.165) is 48.4 Å². The summed E-state index contributed by atoms with van der Waals surface area (Å²) in [7, 11) is 0. The average molecular weight is 367 g/mol. The lowest BCUT2D eigenvalue weighted by Crippen LogP contribution is -2.38. The Hall–Kier alpha value is -2.44. The molecule has 6 heteroatoms. The number of carbonyl (C=O) groups is 1. The van der Waals surface area contributed by atoms with Crippen LogP contribution in [0.1, 0.15) is 18.4 Å². The number of amides is 1. The van der Waals surface area contributed by atoms with Gasteiger partial charge in [0.05, 0.1) is 10.2 Å². The molecule has 2 N–H and O–H groups in total. The number of rotatable bonds is 5. The van der Waals surface area contributed by atoms with Crippen molar-refractivity contribution in [3.63, 3.8) is 0 Å². The maximum absolute atomic E-state index is 11.2. The monoisotopic (exact) mass is 367 g/mol. The minimum atomic E-state index is -0.166. The Kier molecular flexibility index (Phi) is 4.86. The number of nitrogens with two attached hydrogens (primary N) is 1. The molecular weight excluding hydrogens is 346 g/mol. The highest BCUT2D eigenvalue weighted by Gasteiger charge is 2.22.